The van der Waals surface area contributed by atoms with Crippen LogP contribution in [0.25, 0.3) is 0 Å². The molecule has 3 aliphatic carbocycles. The molecule has 5 rings (SSSR count). The van der Waals surface area contributed by atoms with E-state index in [9.17, 15) is 39.6 Å². The maximum absolute atomic E-state index is 14.1. The van der Waals surface area contributed by atoms with E-state index in [-0.39, 0.29) is 35.4 Å². The Bertz CT molecular complexity index is 1690. The van der Waals surface area contributed by atoms with Crippen molar-refractivity contribution in [1.29, 1.82) is 0 Å². The van der Waals surface area contributed by atoms with E-state index in [4.69, 9.17) is 15.2 Å². The number of Topliss-reactive ketones (excluding diaryl/α,β-unsaturated/α-hetero) is 2. The highest BCUT2D eigenvalue weighted by Gasteiger charge is 2.63. The second-order valence-corrected chi connectivity index (χ2v) is 11.7. The number of aliphatic hydroxyl groups is 3. The van der Waals surface area contributed by atoms with Gasteiger partial charge in [-0.15, -0.1) is 0 Å². The molecule has 14 nitrogen and oxygen atoms in total. The van der Waals surface area contributed by atoms with E-state index in [1.54, 1.807) is 45.2 Å². The highest BCUT2D eigenvalue weighted by atomic mass is 16.6. The van der Waals surface area contributed by atoms with Gasteiger partial charge < -0.3 is 40.5 Å². The summed E-state index contributed by atoms with van der Waals surface area (Å²) < 4.78 is 10.4. The SMILES string of the molecule is COc1ccc(OC(=O)Nc2cc(N(C)C)c3c(c2O)C(=O)C2=C(O)[C@]4(O)C(=O)C(C(N)=O)=C(O)[C@H](N(C)C)[C@@H]4C[C@@H]2C3)cc1. The van der Waals surface area contributed by atoms with E-state index < -0.39 is 69.9 Å². The summed E-state index contributed by atoms with van der Waals surface area (Å²) in [6.07, 6.45) is -0.925. The van der Waals surface area contributed by atoms with Crippen LogP contribution in [0.4, 0.5) is 16.2 Å². The van der Waals surface area contributed by atoms with E-state index in [2.05, 4.69) is 5.32 Å². The van der Waals surface area contributed by atoms with Crippen molar-refractivity contribution in [3.8, 4) is 17.2 Å². The number of fused-ring (bicyclic) bond motifs is 3. The van der Waals surface area contributed by atoms with Gasteiger partial charge in [-0.25, -0.2) is 4.79 Å². The molecule has 14 heteroatoms. The van der Waals surface area contributed by atoms with Crippen LogP contribution in [0, 0.1) is 11.8 Å². The number of nitrogens with zero attached hydrogens (tertiary/aromatic N) is 2. The zero-order chi connectivity index (χ0) is 33.1. The van der Waals surface area contributed by atoms with Gasteiger partial charge in [0.25, 0.3) is 5.91 Å². The average Bonchev–Trinajstić information content (AvgIpc) is 2.96. The van der Waals surface area contributed by atoms with Gasteiger partial charge in [0, 0.05) is 31.3 Å². The normalized spacial score (nSPS) is 24.1. The second-order valence-electron chi connectivity index (χ2n) is 11.7. The molecule has 0 unspecified atom stereocenters. The van der Waals surface area contributed by atoms with Crippen LogP contribution < -0.4 is 25.4 Å². The molecule has 0 heterocycles. The van der Waals surface area contributed by atoms with Crippen molar-refractivity contribution in [3.05, 3.63) is 64.1 Å². The van der Waals surface area contributed by atoms with Crippen molar-refractivity contribution in [3.63, 3.8) is 0 Å². The largest absolute Gasteiger partial charge is 0.510 e. The second kappa shape index (κ2) is 11.1. The maximum Gasteiger partial charge on any atom is 0.417 e. The predicted molar refractivity (Wildman–Crippen MR) is 161 cm³/mol. The Balaban J connectivity index is 1.60. The van der Waals surface area contributed by atoms with E-state index in [0.717, 1.165) is 0 Å². The van der Waals surface area contributed by atoms with Crippen molar-refractivity contribution in [2.75, 3.05) is 45.5 Å². The van der Waals surface area contributed by atoms with Crippen LogP contribution in [0.5, 0.6) is 17.2 Å². The molecule has 2 amide bonds. The number of carbonyl (C=O) groups excluding carboxylic acids is 4. The van der Waals surface area contributed by atoms with E-state index >= 15 is 0 Å². The quantitative estimate of drug-likeness (QED) is 0.201. The number of rotatable bonds is 6. The summed E-state index contributed by atoms with van der Waals surface area (Å²) in [4.78, 5) is 55.8. The van der Waals surface area contributed by atoms with Gasteiger partial charge in [0.1, 0.15) is 28.6 Å². The zero-order valence-electron chi connectivity index (χ0n) is 25.2. The van der Waals surface area contributed by atoms with Gasteiger partial charge in [-0.3, -0.25) is 24.6 Å². The lowest BCUT2D eigenvalue weighted by atomic mass is 9.58. The molecule has 0 spiro atoms. The van der Waals surface area contributed by atoms with Crippen molar-refractivity contribution >= 4 is 34.9 Å². The third-order valence-corrected chi connectivity index (χ3v) is 8.69. The van der Waals surface area contributed by atoms with Crippen LogP contribution in [0.15, 0.2) is 53.0 Å². The Morgan fingerprint density at radius 2 is 1.67 bits per heavy atom. The summed E-state index contributed by atoms with van der Waals surface area (Å²) in [6.45, 7) is 0. The van der Waals surface area contributed by atoms with E-state index in [0.29, 0.717) is 17.0 Å². The van der Waals surface area contributed by atoms with Crippen LogP contribution in [0.2, 0.25) is 0 Å². The minimum Gasteiger partial charge on any atom is -0.510 e. The van der Waals surface area contributed by atoms with Gasteiger partial charge in [0.15, 0.2) is 17.1 Å². The van der Waals surface area contributed by atoms with Crippen LogP contribution >= 0.6 is 0 Å². The summed E-state index contributed by atoms with van der Waals surface area (Å²) in [6, 6.07) is 6.56. The lowest BCUT2D eigenvalue weighted by Gasteiger charge is -2.50. The van der Waals surface area contributed by atoms with Crippen molar-refractivity contribution in [2.45, 2.75) is 24.5 Å². The minimum absolute atomic E-state index is 0.0480. The van der Waals surface area contributed by atoms with Crippen LogP contribution in [-0.2, 0) is 16.0 Å². The fraction of sp³-hybridized carbons (Fsp3) is 0.355. The van der Waals surface area contributed by atoms with Gasteiger partial charge in [0.2, 0.25) is 5.78 Å². The van der Waals surface area contributed by atoms with E-state index in [1.165, 1.54) is 30.2 Å². The highest BCUT2D eigenvalue weighted by Crippen LogP contribution is 2.54. The molecule has 3 aliphatic rings. The number of carbonyl (C=O) groups is 4. The average molecular weight is 623 g/mol. The first kappa shape index (κ1) is 31.3. The first-order chi connectivity index (χ1) is 21.1. The van der Waals surface area contributed by atoms with Crippen LogP contribution in [0.3, 0.4) is 0 Å². The molecule has 2 aromatic rings. The number of ether oxygens (including phenoxy) is 2. The molecule has 238 valence electrons. The number of nitrogens with two attached hydrogens (primary N) is 1. The maximum atomic E-state index is 14.1. The number of phenolic OH excluding ortho intramolecular Hbond substituents is 1. The molecular formula is C31H34N4O10. The molecular weight excluding hydrogens is 588 g/mol. The minimum atomic E-state index is -2.76. The van der Waals surface area contributed by atoms with Gasteiger partial charge in [0.05, 0.1) is 24.4 Å². The summed E-state index contributed by atoms with van der Waals surface area (Å²) in [5.41, 5.74) is 1.89. The molecule has 0 bridgehead atoms. The number of aliphatic hydroxyl groups excluding tert-OH is 2. The number of nitrogens with one attached hydrogen (secondary N) is 1. The molecule has 0 aromatic heterocycles. The van der Waals surface area contributed by atoms with Gasteiger partial charge in [-0.05, 0) is 68.8 Å². The molecule has 45 heavy (non-hydrogen) atoms. The number of phenols is 1. The summed E-state index contributed by atoms with van der Waals surface area (Å²) in [5, 5.41) is 48.0. The first-order valence-corrected chi connectivity index (χ1v) is 14.0. The van der Waals surface area contributed by atoms with Crippen LogP contribution in [-0.4, -0.2) is 95.8 Å². The molecule has 0 saturated heterocycles. The van der Waals surface area contributed by atoms with Gasteiger partial charge >= 0.3 is 6.09 Å². The molecule has 0 saturated carbocycles. The number of primary amides is 1. The number of anilines is 2. The van der Waals surface area contributed by atoms with Crippen LogP contribution in [0.1, 0.15) is 22.3 Å². The third-order valence-electron chi connectivity index (χ3n) is 8.69. The summed E-state index contributed by atoms with van der Waals surface area (Å²) >= 11 is 0. The summed E-state index contributed by atoms with van der Waals surface area (Å²) in [7, 11) is 8.01. The Kier molecular flexibility index (Phi) is 7.75. The Hall–Kier alpha value is -5.08. The molecule has 7 N–H and O–H groups in total. The summed E-state index contributed by atoms with van der Waals surface area (Å²) in [5.74, 6) is -6.91. The Morgan fingerprint density at radius 1 is 1.04 bits per heavy atom. The Labute approximate surface area is 257 Å². The number of amides is 2. The number of methoxy groups -OCH3 is 1. The lowest BCUT2D eigenvalue weighted by molar-refractivity contribution is -0.148. The highest BCUT2D eigenvalue weighted by molar-refractivity contribution is 6.25. The number of likely N-dealkylation sites (N-methyl/N-ethyl adjacent to an activating group) is 1. The Morgan fingerprint density at radius 3 is 2.22 bits per heavy atom. The number of benzene rings is 2. The predicted octanol–water partition coefficient (Wildman–Crippen LogP) is 1.81. The van der Waals surface area contributed by atoms with Gasteiger partial charge in [-0.1, -0.05) is 0 Å². The molecule has 0 fully saturated rings. The lowest BCUT2D eigenvalue weighted by Crippen LogP contribution is -2.63. The van der Waals surface area contributed by atoms with Crippen molar-refractivity contribution in [2.24, 2.45) is 17.6 Å². The number of ketones is 2. The number of allylic oxidation sites excluding steroid dienone is 1. The third kappa shape index (κ3) is 4.82. The van der Waals surface area contributed by atoms with E-state index in [1.807, 2.05) is 0 Å². The fourth-order valence-electron chi connectivity index (χ4n) is 6.68. The number of hydrogen-bond acceptors (Lipinski definition) is 12. The van der Waals surface area contributed by atoms with Crippen molar-refractivity contribution < 1.29 is 49.1 Å². The fourth-order valence-corrected chi connectivity index (χ4v) is 6.68. The standard InChI is InChI=1S/C31H34N4O10/c1-34(2)19-12-18(33-30(42)45-15-8-6-14(44-5)7-9-15)24(36)21-16(19)10-13-11-17-23(35(3)4)26(38)22(29(32)41)28(40)31(17,43)27(39)20(13)25(21)37/h6-9,12-13,17,23,36,38-39,43H,10-11H2,1-5H3,(H2,32,41)(H,33,42)/t13-,17-,23+,31-/m0/s1. The zero-order valence-corrected chi connectivity index (χ0v) is 25.2. The number of aromatic hydroxyl groups is 1. The topological polar surface area (TPSA) is 212 Å². The van der Waals surface area contributed by atoms with Crippen molar-refractivity contribution in [1.82, 2.24) is 4.90 Å². The molecule has 0 aliphatic heterocycles. The number of hydrogen-bond donors (Lipinski definition) is 6. The molecule has 4 atom stereocenters. The van der Waals surface area contributed by atoms with Gasteiger partial charge in [-0.2, -0.15) is 0 Å². The molecule has 0 radical (unpaired) electrons. The smallest absolute Gasteiger partial charge is 0.417 e. The monoisotopic (exact) mass is 622 g/mol. The first-order valence-electron chi connectivity index (χ1n) is 14.0. The molecule has 2 aromatic carbocycles.